The first-order valence-corrected chi connectivity index (χ1v) is 11.9. The minimum absolute atomic E-state index is 0.0896. The monoisotopic (exact) mass is 466 g/mol. The van der Waals surface area contributed by atoms with Crippen LogP contribution in [0.1, 0.15) is 22.6 Å². The fraction of sp³-hybridized carbons (Fsp3) is 0.292. The van der Waals surface area contributed by atoms with E-state index in [1.54, 1.807) is 17.0 Å². The van der Waals surface area contributed by atoms with Gasteiger partial charge in [0.2, 0.25) is 11.8 Å². The van der Waals surface area contributed by atoms with Gasteiger partial charge < -0.3 is 10.2 Å². The minimum Gasteiger partial charge on any atom is -0.310 e. The normalized spacial score (nSPS) is 18.6. The van der Waals surface area contributed by atoms with E-state index in [0.717, 1.165) is 31.7 Å². The second-order valence-corrected chi connectivity index (χ2v) is 9.67. The van der Waals surface area contributed by atoms with Gasteiger partial charge in [-0.3, -0.25) is 14.5 Å². The van der Waals surface area contributed by atoms with Crippen LogP contribution in [0, 0.1) is 5.92 Å². The van der Waals surface area contributed by atoms with E-state index in [2.05, 4.69) is 39.5 Å². The number of carbonyl (C=O) groups is 2. The summed E-state index contributed by atoms with van der Waals surface area (Å²) in [4.78, 5) is 35.2. The van der Waals surface area contributed by atoms with Crippen molar-refractivity contribution in [2.24, 2.45) is 5.92 Å². The zero-order valence-electron chi connectivity index (χ0n) is 17.5. The highest BCUT2D eigenvalue weighted by Crippen LogP contribution is 2.33. The van der Waals surface area contributed by atoms with Gasteiger partial charge in [-0.2, -0.15) is 0 Å². The van der Waals surface area contributed by atoms with Crippen LogP contribution in [0.25, 0.3) is 0 Å². The number of para-hydroxylation sites is 1. The van der Waals surface area contributed by atoms with E-state index in [4.69, 9.17) is 11.6 Å². The number of benzene rings is 2. The Balaban J connectivity index is 1.22. The molecule has 3 heterocycles. The Morgan fingerprint density at radius 1 is 1.16 bits per heavy atom. The quantitative estimate of drug-likeness (QED) is 0.607. The summed E-state index contributed by atoms with van der Waals surface area (Å²) in [5.74, 6) is -0.678. The fourth-order valence-electron chi connectivity index (χ4n) is 4.27. The van der Waals surface area contributed by atoms with E-state index in [9.17, 15) is 9.59 Å². The van der Waals surface area contributed by atoms with Crippen LogP contribution in [0.2, 0.25) is 5.02 Å². The van der Waals surface area contributed by atoms with Crippen molar-refractivity contribution in [2.75, 3.05) is 23.3 Å². The molecule has 1 unspecified atom stereocenters. The molecule has 2 aliphatic rings. The number of amides is 2. The Hall–Kier alpha value is -2.74. The predicted octanol–water partition coefficient (Wildman–Crippen LogP) is 4.35. The van der Waals surface area contributed by atoms with Crippen LogP contribution in [0.4, 0.5) is 10.8 Å². The fourth-order valence-corrected chi connectivity index (χ4v) is 5.56. The van der Waals surface area contributed by atoms with Crippen LogP contribution in [0.3, 0.4) is 0 Å². The van der Waals surface area contributed by atoms with Gasteiger partial charge in [-0.1, -0.05) is 54.1 Å². The number of hydrogen-bond acceptors (Lipinski definition) is 5. The summed E-state index contributed by atoms with van der Waals surface area (Å²) in [6, 6.07) is 17.6. The maximum absolute atomic E-state index is 12.9. The van der Waals surface area contributed by atoms with E-state index in [-0.39, 0.29) is 18.2 Å². The highest BCUT2D eigenvalue weighted by molar-refractivity contribution is 7.15. The first kappa shape index (κ1) is 21.1. The lowest BCUT2D eigenvalue weighted by atomic mass is 10.1. The number of anilines is 2. The standard InChI is InChI=1S/C24H23ClN4O2S/c25-18-8-4-5-9-20(18)29-14-17(12-22(29)30)23(31)27-24-26-19-10-11-28(15-21(19)32-24)13-16-6-2-1-3-7-16/h1-9,17H,10-15H2,(H,26,27,31). The molecule has 8 heteroatoms. The predicted molar refractivity (Wildman–Crippen MR) is 127 cm³/mol. The first-order valence-electron chi connectivity index (χ1n) is 10.7. The topological polar surface area (TPSA) is 65.5 Å². The SMILES string of the molecule is O=C(Nc1nc2c(s1)CN(Cc1ccccc1)CC2)C1CC(=O)N(c2ccccc2Cl)C1. The van der Waals surface area contributed by atoms with Gasteiger partial charge in [0.1, 0.15) is 0 Å². The second kappa shape index (κ2) is 9.02. The van der Waals surface area contributed by atoms with Crippen molar-refractivity contribution in [3.63, 3.8) is 0 Å². The Bertz CT molecular complexity index is 1150. The molecule has 0 radical (unpaired) electrons. The Morgan fingerprint density at radius 3 is 2.75 bits per heavy atom. The van der Waals surface area contributed by atoms with Gasteiger partial charge in [0.25, 0.3) is 0 Å². The van der Waals surface area contributed by atoms with Crippen molar-refractivity contribution in [1.29, 1.82) is 0 Å². The molecule has 32 heavy (non-hydrogen) atoms. The summed E-state index contributed by atoms with van der Waals surface area (Å²) in [7, 11) is 0. The number of hydrogen-bond donors (Lipinski definition) is 1. The smallest absolute Gasteiger partial charge is 0.231 e. The molecule has 0 spiro atoms. The molecular formula is C24H23ClN4O2S. The molecule has 6 nitrogen and oxygen atoms in total. The molecule has 164 valence electrons. The van der Waals surface area contributed by atoms with Crippen molar-refractivity contribution in [2.45, 2.75) is 25.9 Å². The van der Waals surface area contributed by atoms with Gasteiger partial charge in [0.05, 0.1) is 22.3 Å². The molecule has 0 aliphatic carbocycles. The number of nitrogens with one attached hydrogen (secondary N) is 1. The third kappa shape index (κ3) is 4.41. The molecule has 2 aromatic carbocycles. The lowest BCUT2D eigenvalue weighted by Crippen LogP contribution is -2.29. The van der Waals surface area contributed by atoms with Gasteiger partial charge in [-0.15, -0.1) is 11.3 Å². The summed E-state index contributed by atoms with van der Waals surface area (Å²) >= 11 is 7.77. The molecular weight excluding hydrogens is 444 g/mol. The molecule has 0 bridgehead atoms. The molecule has 1 N–H and O–H groups in total. The van der Waals surface area contributed by atoms with E-state index in [0.29, 0.717) is 22.4 Å². The van der Waals surface area contributed by atoms with Crippen LogP contribution in [-0.2, 0) is 29.1 Å². The van der Waals surface area contributed by atoms with Gasteiger partial charge in [-0.05, 0) is 17.7 Å². The number of halogens is 1. The zero-order chi connectivity index (χ0) is 22.1. The Morgan fingerprint density at radius 2 is 1.94 bits per heavy atom. The third-order valence-corrected chi connectivity index (χ3v) is 7.25. The van der Waals surface area contributed by atoms with Gasteiger partial charge in [0, 0.05) is 43.9 Å². The molecule has 1 aromatic heterocycles. The summed E-state index contributed by atoms with van der Waals surface area (Å²) in [5, 5.41) is 4.08. The Labute approximate surface area is 195 Å². The second-order valence-electron chi connectivity index (χ2n) is 8.18. The molecule has 1 atom stereocenters. The van der Waals surface area contributed by atoms with Crippen LogP contribution < -0.4 is 10.2 Å². The van der Waals surface area contributed by atoms with Crippen LogP contribution in [0.15, 0.2) is 54.6 Å². The third-order valence-electron chi connectivity index (χ3n) is 5.93. The minimum atomic E-state index is -0.422. The Kier molecular flexibility index (Phi) is 5.95. The summed E-state index contributed by atoms with van der Waals surface area (Å²) in [5.41, 5.74) is 3.01. The molecule has 0 saturated carbocycles. The van der Waals surface area contributed by atoms with Crippen molar-refractivity contribution in [1.82, 2.24) is 9.88 Å². The average molecular weight is 467 g/mol. The highest BCUT2D eigenvalue weighted by atomic mass is 35.5. The zero-order valence-corrected chi connectivity index (χ0v) is 19.0. The molecule has 5 rings (SSSR count). The van der Waals surface area contributed by atoms with Crippen molar-refractivity contribution in [3.05, 3.63) is 75.8 Å². The maximum atomic E-state index is 12.9. The molecule has 1 saturated heterocycles. The number of carbonyl (C=O) groups excluding carboxylic acids is 2. The number of thiazole rings is 1. The van der Waals surface area contributed by atoms with Crippen LogP contribution >= 0.6 is 22.9 Å². The van der Waals surface area contributed by atoms with E-state index in [1.165, 1.54) is 21.8 Å². The van der Waals surface area contributed by atoms with Gasteiger partial charge in [-0.25, -0.2) is 4.98 Å². The number of nitrogens with zero attached hydrogens (tertiary/aromatic N) is 3. The van der Waals surface area contributed by atoms with Crippen molar-refractivity contribution < 1.29 is 9.59 Å². The van der Waals surface area contributed by atoms with E-state index in [1.807, 2.05) is 18.2 Å². The lowest BCUT2D eigenvalue weighted by molar-refractivity contribution is -0.122. The summed E-state index contributed by atoms with van der Waals surface area (Å²) < 4.78 is 0. The number of aromatic nitrogens is 1. The van der Waals surface area contributed by atoms with Crippen LogP contribution in [-0.4, -0.2) is 34.8 Å². The largest absolute Gasteiger partial charge is 0.310 e. The summed E-state index contributed by atoms with van der Waals surface area (Å²) in [6.45, 7) is 3.01. The average Bonchev–Trinajstić information content (AvgIpc) is 3.37. The lowest BCUT2D eigenvalue weighted by Gasteiger charge is -2.25. The molecule has 3 aromatic rings. The molecule has 2 amide bonds. The van der Waals surface area contributed by atoms with Gasteiger partial charge >= 0.3 is 0 Å². The van der Waals surface area contributed by atoms with E-state index < -0.39 is 5.92 Å². The van der Waals surface area contributed by atoms with E-state index >= 15 is 0 Å². The number of fused-ring (bicyclic) bond motifs is 1. The van der Waals surface area contributed by atoms with Crippen molar-refractivity contribution in [3.8, 4) is 0 Å². The summed E-state index contributed by atoms with van der Waals surface area (Å²) in [6.07, 6.45) is 1.05. The van der Waals surface area contributed by atoms with Gasteiger partial charge in [0.15, 0.2) is 5.13 Å². The highest BCUT2D eigenvalue weighted by Gasteiger charge is 2.36. The maximum Gasteiger partial charge on any atom is 0.231 e. The van der Waals surface area contributed by atoms with Crippen molar-refractivity contribution >= 4 is 45.6 Å². The molecule has 2 aliphatic heterocycles. The van der Waals surface area contributed by atoms with Crippen LogP contribution in [0.5, 0.6) is 0 Å². The molecule has 1 fully saturated rings. The first-order chi connectivity index (χ1) is 15.6. The number of rotatable bonds is 5.